The van der Waals surface area contributed by atoms with E-state index >= 15 is 0 Å². The van der Waals surface area contributed by atoms with Gasteiger partial charge in [0.1, 0.15) is 12.4 Å². The van der Waals surface area contributed by atoms with Crippen molar-refractivity contribution in [2.75, 3.05) is 11.9 Å². The lowest BCUT2D eigenvalue weighted by Crippen LogP contribution is -2.33. The number of ketones is 1. The zero-order chi connectivity index (χ0) is 23.3. The van der Waals surface area contributed by atoms with Gasteiger partial charge in [-0.05, 0) is 62.3 Å². The Bertz CT molecular complexity index is 1340. The summed E-state index contributed by atoms with van der Waals surface area (Å²) in [6.45, 7) is 8.54. The number of carbonyl (C=O) groups excluding carboxylic acids is 1. The summed E-state index contributed by atoms with van der Waals surface area (Å²) in [6, 6.07) is 16.4. The fourth-order valence-corrected chi connectivity index (χ4v) is 6.53. The third kappa shape index (κ3) is 3.95. The van der Waals surface area contributed by atoms with Crippen LogP contribution in [-0.2, 0) is 4.79 Å². The van der Waals surface area contributed by atoms with Crippen LogP contribution in [0.4, 0.5) is 5.69 Å². The van der Waals surface area contributed by atoms with E-state index in [9.17, 15) is 4.79 Å². The van der Waals surface area contributed by atoms with Crippen LogP contribution in [0.3, 0.4) is 0 Å². The van der Waals surface area contributed by atoms with Crippen molar-refractivity contribution >= 4 is 59.7 Å². The minimum Gasteiger partial charge on any atom is -0.488 e. The predicted octanol–water partition coefficient (Wildman–Crippen LogP) is 8.24. The zero-order valence-corrected chi connectivity index (χ0v) is 21.8. The highest BCUT2D eigenvalue weighted by molar-refractivity contribution is 9.11. The number of rotatable bonds is 4. The number of Topliss-reactive ketones (excluding diaryl/α,β-unsaturated/α-hetero) is 1. The molecule has 0 fully saturated rings. The van der Waals surface area contributed by atoms with Crippen LogP contribution < -0.4 is 10.1 Å². The zero-order valence-electron chi connectivity index (χ0n) is 18.7. The van der Waals surface area contributed by atoms with E-state index in [1.807, 2.05) is 12.1 Å². The number of halogens is 2. The first kappa shape index (κ1) is 22.4. The van der Waals surface area contributed by atoms with Crippen molar-refractivity contribution in [3.63, 3.8) is 0 Å². The van der Waals surface area contributed by atoms with Gasteiger partial charge in [-0.3, -0.25) is 4.79 Å². The lowest BCUT2D eigenvalue weighted by atomic mass is 9.68. The molecule has 0 aromatic heterocycles. The molecule has 1 atom stereocenters. The molecular weight excluding hydrogens is 542 g/mol. The minimum atomic E-state index is -0.300. The van der Waals surface area contributed by atoms with Crippen molar-refractivity contribution in [1.82, 2.24) is 0 Å². The van der Waals surface area contributed by atoms with Gasteiger partial charge < -0.3 is 10.1 Å². The summed E-state index contributed by atoms with van der Waals surface area (Å²) in [4.78, 5) is 13.7. The molecular formula is C28H25Br2NO2. The van der Waals surface area contributed by atoms with Crippen LogP contribution in [0.5, 0.6) is 5.75 Å². The van der Waals surface area contributed by atoms with Crippen molar-refractivity contribution in [2.24, 2.45) is 5.41 Å². The van der Waals surface area contributed by atoms with Gasteiger partial charge in [-0.25, -0.2) is 0 Å². The average Bonchev–Trinajstić information content (AvgIpc) is 2.76. The molecule has 5 heteroatoms. The van der Waals surface area contributed by atoms with Gasteiger partial charge in [-0.2, -0.15) is 0 Å². The van der Waals surface area contributed by atoms with Gasteiger partial charge in [0, 0.05) is 33.3 Å². The summed E-state index contributed by atoms with van der Waals surface area (Å²) < 4.78 is 7.84. The number of hydrogen-bond donors (Lipinski definition) is 1. The number of hydrogen-bond acceptors (Lipinski definition) is 3. The van der Waals surface area contributed by atoms with Crippen LogP contribution in [0.25, 0.3) is 16.3 Å². The van der Waals surface area contributed by atoms with Gasteiger partial charge in [0.05, 0.1) is 10.5 Å². The van der Waals surface area contributed by atoms with Crippen molar-refractivity contribution in [1.29, 1.82) is 0 Å². The highest BCUT2D eigenvalue weighted by atomic mass is 79.9. The smallest absolute Gasteiger partial charge is 0.162 e. The average molecular weight is 567 g/mol. The summed E-state index contributed by atoms with van der Waals surface area (Å²) in [5, 5.41) is 6.07. The van der Waals surface area contributed by atoms with Crippen molar-refractivity contribution in [3.8, 4) is 5.75 Å². The second-order valence-electron chi connectivity index (χ2n) is 9.53. The molecule has 5 rings (SSSR count). The molecule has 33 heavy (non-hydrogen) atoms. The molecule has 1 heterocycles. The Hall–Kier alpha value is -2.37. The summed E-state index contributed by atoms with van der Waals surface area (Å²) >= 11 is 7.30. The van der Waals surface area contributed by atoms with E-state index in [0.717, 1.165) is 49.1 Å². The largest absolute Gasteiger partial charge is 0.488 e. The maximum atomic E-state index is 13.7. The van der Waals surface area contributed by atoms with Crippen LogP contribution >= 0.6 is 31.9 Å². The third-order valence-electron chi connectivity index (χ3n) is 6.43. The number of nitrogens with one attached hydrogen (secondary N) is 1. The molecule has 1 unspecified atom stereocenters. The number of fused-ring (bicyclic) bond motifs is 4. The molecule has 0 saturated carbocycles. The Morgan fingerprint density at radius 1 is 1.15 bits per heavy atom. The molecule has 0 bridgehead atoms. The van der Waals surface area contributed by atoms with Crippen LogP contribution in [0, 0.1) is 5.41 Å². The van der Waals surface area contributed by atoms with Crippen LogP contribution in [0.15, 0.2) is 75.7 Å². The van der Waals surface area contributed by atoms with Gasteiger partial charge in [0.2, 0.25) is 0 Å². The number of carbonyl (C=O) groups is 1. The molecule has 168 valence electrons. The maximum Gasteiger partial charge on any atom is 0.162 e. The van der Waals surface area contributed by atoms with Crippen LogP contribution in [-0.4, -0.2) is 12.4 Å². The summed E-state index contributed by atoms with van der Waals surface area (Å²) in [5.41, 5.74) is 5.05. The van der Waals surface area contributed by atoms with E-state index in [4.69, 9.17) is 4.74 Å². The Balaban J connectivity index is 1.79. The molecule has 3 aromatic carbocycles. The van der Waals surface area contributed by atoms with E-state index in [1.54, 1.807) is 6.08 Å². The van der Waals surface area contributed by atoms with Crippen LogP contribution in [0.2, 0.25) is 0 Å². The molecule has 1 aliphatic heterocycles. The number of ether oxygens (including phenoxy) is 1. The SMILES string of the molecule is C=CCOc1c(Br)cc(Br)cc1C1Nc2ccc3ccccc3c2C2=C1C(=O)CC(C)(C)C2. The highest BCUT2D eigenvalue weighted by Crippen LogP contribution is 2.53. The van der Waals surface area contributed by atoms with Gasteiger partial charge in [-0.15, -0.1) is 0 Å². The fourth-order valence-electron chi connectivity index (χ4n) is 5.16. The van der Waals surface area contributed by atoms with Crippen LogP contribution in [0.1, 0.15) is 43.9 Å². The van der Waals surface area contributed by atoms with E-state index < -0.39 is 0 Å². The van der Waals surface area contributed by atoms with E-state index in [1.165, 1.54) is 10.8 Å². The second kappa shape index (κ2) is 8.44. The number of anilines is 1. The second-order valence-corrected chi connectivity index (χ2v) is 11.3. The molecule has 1 aliphatic carbocycles. The lowest BCUT2D eigenvalue weighted by molar-refractivity contribution is -0.118. The lowest BCUT2D eigenvalue weighted by Gasteiger charge is -2.40. The fraction of sp³-hybridized carbons (Fsp3) is 0.250. The Morgan fingerprint density at radius 3 is 2.73 bits per heavy atom. The van der Waals surface area contributed by atoms with Crippen molar-refractivity contribution < 1.29 is 9.53 Å². The molecule has 0 saturated heterocycles. The Labute approximate surface area is 211 Å². The maximum absolute atomic E-state index is 13.7. The number of allylic oxidation sites excluding steroid dienone is 1. The first-order chi connectivity index (χ1) is 15.8. The normalized spacial score (nSPS) is 19.0. The highest BCUT2D eigenvalue weighted by Gasteiger charge is 2.41. The molecule has 3 aromatic rings. The molecule has 1 N–H and O–H groups in total. The molecule has 0 radical (unpaired) electrons. The van der Waals surface area contributed by atoms with E-state index in [-0.39, 0.29) is 17.2 Å². The topological polar surface area (TPSA) is 38.3 Å². The van der Waals surface area contributed by atoms with Gasteiger partial charge in [0.25, 0.3) is 0 Å². The molecule has 2 aliphatic rings. The third-order valence-corrected chi connectivity index (χ3v) is 7.48. The van der Waals surface area contributed by atoms with E-state index in [0.29, 0.717) is 13.0 Å². The predicted molar refractivity (Wildman–Crippen MR) is 143 cm³/mol. The summed E-state index contributed by atoms with van der Waals surface area (Å²) in [6.07, 6.45) is 3.11. The Morgan fingerprint density at radius 2 is 1.94 bits per heavy atom. The monoisotopic (exact) mass is 565 g/mol. The minimum absolute atomic E-state index is 0.0912. The van der Waals surface area contributed by atoms with Gasteiger partial charge >= 0.3 is 0 Å². The van der Waals surface area contributed by atoms with Crippen molar-refractivity contribution in [2.45, 2.75) is 32.7 Å². The van der Waals surface area contributed by atoms with Gasteiger partial charge in [0.15, 0.2) is 5.78 Å². The summed E-state index contributed by atoms with van der Waals surface area (Å²) in [5.74, 6) is 0.924. The first-order valence-electron chi connectivity index (χ1n) is 11.1. The van der Waals surface area contributed by atoms with E-state index in [2.05, 4.69) is 94.0 Å². The first-order valence-corrected chi connectivity index (χ1v) is 12.7. The quantitative estimate of drug-likeness (QED) is 0.323. The summed E-state index contributed by atoms with van der Waals surface area (Å²) in [7, 11) is 0. The molecule has 0 amide bonds. The Kier molecular flexibility index (Phi) is 5.74. The standard InChI is InChI=1S/C28H25Br2NO2/c1-4-11-33-27-19(12-17(29)13-21(27)30)26-25-20(14-28(2,3)15-23(25)32)24-18-8-6-5-7-16(18)9-10-22(24)31-26/h4-10,12-13,26,31H,1,11,14-15H2,2-3H3. The van der Waals surface area contributed by atoms with Crippen molar-refractivity contribution in [3.05, 3.63) is 86.8 Å². The van der Waals surface area contributed by atoms with Gasteiger partial charge in [-0.1, -0.05) is 72.8 Å². The molecule has 3 nitrogen and oxygen atoms in total. The number of benzene rings is 3. The molecule has 0 spiro atoms.